The first-order valence-electron chi connectivity index (χ1n) is 9.29. The van der Waals surface area contributed by atoms with Crippen molar-refractivity contribution in [1.82, 2.24) is 10.6 Å². The largest absolute Gasteiger partial charge is 0.357 e. The van der Waals surface area contributed by atoms with Crippen LogP contribution >= 0.6 is 24.0 Å². The van der Waals surface area contributed by atoms with Crippen LogP contribution in [0.4, 0.5) is 0 Å². The topological polar surface area (TPSA) is 70.6 Å². The van der Waals surface area contributed by atoms with E-state index in [2.05, 4.69) is 67.6 Å². The zero-order valence-electron chi connectivity index (χ0n) is 17.5. The van der Waals surface area contributed by atoms with Gasteiger partial charge in [0.15, 0.2) is 5.96 Å². The number of halogens is 1. The van der Waals surface area contributed by atoms with Crippen molar-refractivity contribution in [3.05, 3.63) is 35.4 Å². The number of guanidine groups is 1. The van der Waals surface area contributed by atoms with Gasteiger partial charge in [-0.2, -0.15) is 0 Å². The number of aliphatic imine (C=N–C) groups is 1. The Bertz CT molecular complexity index is 686. The molecule has 5 nitrogen and oxygen atoms in total. The van der Waals surface area contributed by atoms with E-state index >= 15 is 0 Å². The molecule has 0 aliphatic rings. The zero-order valence-corrected chi connectivity index (χ0v) is 20.6. The van der Waals surface area contributed by atoms with Gasteiger partial charge in [0.2, 0.25) is 0 Å². The minimum atomic E-state index is -2.94. The number of benzene rings is 1. The SMILES string of the molecule is CCNC(=NCC(C)(C)CCS(C)(=O)=O)NCC(C)c1ccc(C)cc1.I. The van der Waals surface area contributed by atoms with Crippen molar-refractivity contribution in [2.75, 3.05) is 31.6 Å². The number of nitrogens with zero attached hydrogens (tertiary/aromatic N) is 1. The molecule has 1 rings (SSSR count). The lowest BCUT2D eigenvalue weighted by atomic mass is 9.90. The van der Waals surface area contributed by atoms with Crippen LogP contribution in [-0.2, 0) is 9.84 Å². The van der Waals surface area contributed by atoms with Crippen LogP contribution in [-0.4, -0.2) is 46.0 Å². The van der Waals surface area contributed by atoms with E-state index in [9.17, 15) is 8.42 Å². The number of rotatable bonds is 9. The number of hydrogen-bond donors (Lipinski definition) is 2. The summed E-state index contributed by atoms with van der Waals surface area (Å²) in [5, 5.41) is 6.66. The maximum Gasteiger partial charge on any atom is 0.191 e. The highest BCUT2D eigenvalue weighted by molar-refractivity contribution is 14.0. The van der Waals surface area contributed by atoms with Crippen LogP contribution in [0.2, 0.25) is 0 Å². The summed E-state index contributed by atoms with van der Waals surface area (Å²) in [6.45, 7) is 12.6. The van der Waals surface area contributed by atoms with Crippen LogP contribution < -0.4 is 10.6 Å². The van der Waals surface area contributed by atoms with Crippen molar-refractivity contribution in [3.8, 4) is 0 Å². The second kappa shape index (κ2) is 11.9. The monoisotopic (exact) mass is 509 g/mol. The minimum Gasteiger partial charge on any atom is -0.357 e. The molecule has 27 heavy (non-hydrogen) atoms. The van der Waals surface area contributed by atoms with Gasteiger partial charge < -0.3 is 10.6 Å². The molecule has 0 fully saturated rings. The molecule has 0 amide bonds. The second-order valence-electron chi connectivity index (χ2n) is 7.93. The van der Waals surface area contributed by atoms with E-state index in [4.69, 9.17) is 0 Å². The molecule has 0 saturated heterocycles. The third-order valence-corrected chi connectivity index (χ3v) is 5.33. The van der Waals surface area contributed by atoms with Gasteiger partial charge in [-0.1, -0.05) is 50.6 Å². The Morgan fingerprint density at radius 3 is 2.30 bits per heavy atom. The molecule has 2 N–H and O–H groups in total. The summed E-state index contributed by atoms with van der Waals surface area (Å²) in [6.07, 6.45) is 1.89. The fourth-order valence-corrected chi connectivity index (χ4v) is 3.36. The lowest BCUT2D eigenvalue weighted by Gasteiger charge is -2.23. The van der Waals surface area contributed by atoms with E-state index in [0.717, 1.165) is 19.0 Å². The standard InChI is InChI=1S/C20H35N3O2S.HI/c1-7-21-19(23-15-20(4,5)12-13-26(6,24)25)22-14-17(3)18-10-8-16(2)9-11-18;/h8-11,17H,7,12-15H2,1-6H3,(H2,21,22,23);1H. The summed E-state index contributed by atoms with van der Waals surface area (Å²) in [7, 11) is -2.94. The normalized spacial score (nSPS) is 13.6. The zero-order chi connectivity index (χ0) is 19.8. The van der Waals surface area contributed by atoms with Gasteiger partial charge in [0, 0.05) is 25.9 Å². The summed E-state index contributed by atoms with van der Waals surface area (Å²) in [5.41, 5.74) is 2.40. The minimum absolute atomic E-state index is 0. The van der Waals surface area contributed by atoms with E-state index in [-0.39, 0.29) is 35.1 Å². The smallest absolute Gasteiger partial charge is 0.191 e. The first kappa shape index (κ1) is 26.2. The van der Waals surface area contributed by atoms with Gasteiger partial charge in [0.1, 0.15) is 9.84 Å². The summed E-state index contributed by atoms with van der Waals surface area (Å²) in [4.78, 5) is 4.67. The van der Waals surface area contributed by atoms with Gasteiger partial charge in [-0.15, -0.1) is 24.0 Å². The fourth-order valence-electron chi connectivity index (χ4n) is 2.44. The molecule has 0 bridgehead atoms. The predicted molar refractivity (Wildman–Crippen MR) is 127 cm³/mol. The van der Waals surface area contributed by atoms with Crippen molar-refractivity contribution in [2.24, 2.45) is 10.4 Å². The number of aryl methyl sites for hydroxylation is 1. The predicted octanol–water partition coefficient (Wildman–Crippen LogP) is 3.73. The summed E-state index contributed by atoms with van der Waals surface area (Å²) < 4.78 is 22.8. The second-order valence-corrected chi connectivity index (χ2v) is 10.2. The van der Waals surface area contributed by atoms with E-state index in [1.54, 1.807) is 0 Å². The first-order valence-corrected chi connectivity index (χ1v) is 11.3. The maximum absolute atomic E-state index is 11.4. The molecular formula is C20H36IN3O2S. The van der Waals surface area contributed by atoms with E-state index in [1.165, 1.54) is 17.4 Å². The van der Waals surface area contributed by atoms with Gasteiger partial charge in [0.05, 0.1) is 5.75 Å². The highest BCUT2D eigenvalue weighted by Crippen LogP contribution is 2.21. The van der Waals surface area contributed by atoms with Crippen LogP contribution in [0.1, 0.15) is 51.2 Å². The van der Waals surface area contributed by atoms with Crippen LogP contribution in [0.3, 0.4) is 0 Å². The molecule has 0 aliphatic heterocycles. The van der Waals surface area contributed by atoms with Crippen LogP contribution in [0.25, 0.3) is 0 Å². The van der Waals surface area contributed by atoms with Gasteiger partial charge in [-0.05, 0) is 37.2 Å². The molecule has 1 atom stereocenters. The average molecular weight is 509 g/mol. The summed E-state index contributed by atoms with van der Waals surface area (Å²) in [6, 6.07) is 8.60. The third kappa shape index (κ3) is 11.6. The van der Waals surface area contributed by atoms with Gasteiger partial charge >= 0.3 is 0 Å². The summed E-state index contributed by atoms with van der Waals surface area (Å²) >= 11 is 0. The molecule has 0 saturated carbocycles. The Labute approximate surface area is 182 Å². The van der Waals surface area contributed by atoms with Gasteiger partial charge in [-0.3, -0.25) is 4.99 Å². The van der Waals surface area contributed by atoms with Gasteiger partial charge in [-0.25, -0.2) is 8.42 Å². The Morgan fingerprint density at radius 2 is 1.78 bits per heavy atom. The van der Waals surface area contributed by atoms with Crippen molar-refractivity contribution >= 4 is 39.8 Å². The molecule has 0 spiro atoms. The average Bonchev–Trinajstić information content (AvgIpc) is 2.55. The Morgan fingerprint density at radius 1 is 1.19 bits per heavy atom. The van der Waals surface area contributed by atoms with E-state index in [1.807, 2.05) is 6.92 Å². The summed E-state index contributed by atoms with van der Waals surface area (Å²) in [5.74, 6) is 1.35. The molecule has 0 radical (unpaired) electrons. The number of nitrogens with one attached hydrogen (secondary N) is 2. The highest BCUT2D eigenvalue weighted by atomic mass is 127. The van der Waals surface area contributed by atoms with E-state index in [0.29, 0.717) is 18.9 Å². The maximum atomic E-state index is 11.4. The van der Waals surface area contributed by atoms with Crippen molar-refractivity contribution in [3.63, 3.8) is 0 Å². The van der Waals surface area contributed by atoms with Gasteiger partial charge in [0.25, 0.3) is 0 Å². The number of sulfone groups is 1. The lowest BCUT2D eigenvalue weighted by molar-refractivity contribution is 0.365. The molecule has 1 unspecified atom stereocenters. The Balaban J connectivity index is 0.00000676. The molecule has 1 aromatic rings. The van der Waals surface area contributed by atoms with Crippen LogP contribution in [0.15, 0.2) is 29.3 Å². The lowest BCUT2D eigenvalue weighted by Crippen LogP contribution is -2.39. The van der Waals surface area contributed by atoms with Crippen molar-refractivity contribution in [2.45, 2.75) is 47.0 Å². The Kier molecular flexibility index (Phi) is 11.5. The molecule has 0 aliphatic carbocycles. The molecule has 0 heterocycles. The highest BCUT2D eigenvalue weighted by Gasteiger charge is 2.20. The van der Waals surface area contributed by atoms with Crippen molar-refractivity contribution < 1.29 is 8.42 Å². The molecule has 1 aromatic carbocycles. The Hall–Kier alpha value is -0.830. The van der Waals surface area contributed by atoms with Crippen LogP contribution in [0, 0.1) is 12.3 Å². The number of hydrogen-bond acceptors (Lipinski definition) is 3. The fraction of sp³-hybridized carbons (Fsp3) is 0.650. The molecular weight excluding hydrogens is 473 g/mol. The van der Waals surface area contributed by atoms with Crippen molar-refractivity contribution in [1.29, 1.82) is 0 Å². The quantitative estimate of drug-likeness (QED) is 0.303. The van der Waals surface area contributed by atoms with E-state index < -0.39 is 9.84 Å². The first-order chi connectivity index (χ1) is 12.0. The molecule has 0 aromatic heterocycles. The third-order valence-electron chi connectivity index (χ3n) is 4.38. The molecule has 7 heteroatoms. The molecule has 156 valence electrons. The van der Waals surface area contributed by atoms with Crippen LogP contribution in [0.5, 0.6) is 0 Å².